The van der Waals surface area contributed by atoms with E-state index in [0.717, 1.165) is 0 Å². The maximum Gasteiger partial charge on any atom is 0.109 e. The van der Waals surface area contributed by atoms with Crippen molar-refractivity contribution in [3.05, 3.63) is 22.2 Å². The van der Waals surface area contributed by atoms with Gasteiger partial charge in [0, 0.05) is 5.69 Å². The second kappa shape index (κ2) is 1.96. The fraction of sp³-hybridized carbons (Fsp3) is 0. The second-order valence-corrected chi connectivity index (χ2v) is 2.38. The van der Waals surface area contributed by atoms with E-state index in [2.05, 4.69) is 0 Å². The molecule has 0 aliphatic rings. The highest BCUT2D eigenvalue weighted by Gasteiger charge is 1.78. The Morgan fingerprint density at radius 2 is 2.38 bits per heavy atom. The Labute approximate surface area is 51.1 Å². The van der Waals surface area contributed by atoms with Crippen LogP contribution in [-0.4, -0.2) is 0 Å². The maximum atomic E-state index is 7.07. The smallest absolute Gasteiger partial charge is 0.109 e. The van der Waals surface area contributed by atoms with Crippen LogP contribution in [0.4, 0.5) is 5.69 Å². The molecule has 0 amide bonds. The minimum atomic E-state index is 0.505. The van der Waals surface area contributed by atoms with E-state index in [9.17, 15) is 0 Å². The third kappa shape index (κ3) is 1.07. The van der Waals surface area contributed by atoms with Crippen molar-refractivity contribution in [3.8, 4) is 0 Å². The van der Waals surface area contributed by atoms with E-state index in [1.807, 2.05) is 0 Å². The zero-order chi connectivity index (χ0) is 5.98. The molecule has 8 heavy (non-hydrogen) atoms. The number of nitrogens with two attached hydrogens (primary N) is 1. The fourth-order valence-electron chi connectivity index (χ4n) is 0.419. The largest absolute Gasteiger partial charge is 0.399 e. The third-order valence-corrected chi connectivity index (χ3v) is 1.40. The Morgan fingerprint density at radius 3 is 2.75 bits per heavy atom. The van der Waals surface area contributed by atoms with Gasteiger partial charge in [0.15, 0.2) is 0 Å². The fourth-order valence-corrected chi connectivity index (χ4v) is 0.995. The summed E-state index contributed by atoms with van der Waals surface area (Å²) in [5, 5.41) is 8.88. The quantitative estimate of drug-likeness (QED) is 0.531. The van der Waals surface area contributed by atoms with Gasteiger partial charge in [-0.3, -0.25) is 5.41 Å². The SMILES string of the molecule is N=c1cc(N)ccs1. The van der Waals surface area contributed by atoms with Crippen molar-refractivity contribution in [2.24, 2.45) is 0 Å². The maximum absolute atomic E-state index is 7.07. The van der Waals surface area contributed by atoms with Crippen LogP contribution in [0.5, 0.6) is 0 Å². The average molecular weight is 126 g/mol. The van der Waals surface area contributed by atoms with E-state index in [0.29, 0.717) is 10.4 Å². The van der Waals surface area contributed by atoms with Crippen molar-refractivity contribution >= 4 is 17.0 Å². The van der Waals surface area contributed by atoms with E-state index >= 15 is 0 Å². The van der Waals surface area contributed by atoms with Crippen LogP contribution in [0, 0.1) is 5.41 Å². The average Bonchev–Trinajstić information content (AvgIpc) is 1.64. The summed E-state index contributed by atoms with van der Waals surface area (Å²) >= 11 is 1.37. The standard InChI is InChI=1S/C5H6N2S/c6-4-1-2-8-5(7)3-4/h1-3,7H,6H2. The first-order chi connectivity index (χ1) is 3.79. The van der Waals surface area contributed by atoms with Crippen molar-refractivity contribution in [1.29, 1.82) is 5.41 Å². The van der Waals surface area contributed by atoms with E-state index in [1.165, 1.54) is 11.3 Å². The van der Waals surface area contributed by atoms with E-state index < -0.39 is 0 Å². The van der Waals surface area contributed by atoms with Gasteiger partial charge in [-0.25, -0.2) is 0 Å². The normalized spacial score (nSPS) is 9.00. The molecule has 2 nitrogen and oxygen atoms in total. The molecule has 0 aromatic carbocycles. The van der Waals surface area contributed by atoms with Crippen LogP contribution >= 0.6 is 11.3 Å². The molecule has 3 N–H and O–H groups in total. The molecular formula is C5H6N2S. The lowest BCUT2D eigenvalue weighted by molar-refractivity contribution is 1.35. The number of rotatable bonds is 0. The van der Waals surface area contributed by atoms with Crippen LogP contribution in [0.25, 0.3) is 0 Å². The molecule has 3 heteroatoms. The summed E-state index contributed by atoms with van der Waals surface area (Å²) in [5.41, 5.74) is 6.01. The van der Waals surface area contributed by atoms with Crippen LogP contribution in [0.3, 0.4) is 0 Å². The second-order valence-electron chi connectivity index (χ2n) is 1.43. The van der Waals surface area contributed by atoms with Gasteiger partial charge in [0.1, 0.15) is 4.67 Å². The third-order valence-electron chi connectivity index (χ3n) is 0.753. The van der Waals surface area contributed by atoms with Crippen LogP contribution in [0.15, 0.2) is 17.5 Å². The van der Waals surface area contributed by atoms with Gasteiger partial charge in [0.2, 0.25) is 0 Å². The summed E-state index contributed by atoms with van der Waals surface area (Å²) in [4.78, 5) is 0. The summed E-state index contributed by atoms with van der Waals surface area (Å²) in [6.45, 7) is 0. The van der Waals surface area contributed by atoms with Crippen molar-refractivity contribution in [1.82, 2.24) is 0 Å². The number of anilines is 1. The number of nitrogen functional groups attached to an aromatic ring is 1. The summed E-state index contributed by atoms with van der Waals surface area (Å²) in [5.74, 6) is 0. The van der Waals surface area contributed by atoms with Gasteiger partial charge in [0.25, 0.3) is 0 Å². The van der Waals surface area contributed by atoms with Crippen LogP contribution in [0.1, 0.15) is 0 Å². The van der Waals surface area contributed by atoms with Gasteiger partial charge in [0.05, 0.1) is 0 Å². The van der Waals surface area contributed by atoms with Gasteiger partial charge in [-0.05, 0) is 17.5 Å². The Balaban J connectivity index is 3.28. The summed E-state index contributed by atoms with van der Waals surface area (Å²) in [6, 6.07) is 3.41. The lowest BCUT2D eigenvalue weighted by Gasteiger charge is -1.84. The topological polar surface area (TPSA) is 49.9 Å². The molecule has 0 atom stereocenters. The van der Waals surface area contributed by atoms with Crippen LogP contribution in [-0.2, 0) is 0 Å². The zero-order valence-electron chi connectivity index (χ0n) is 4.22. The molecule has 0 fully saturated rings. The predicted molar refractivity (Wildman–Crippen MR) is 34.6 cm³/mol. The Hall–Kier alpha value is -0.830. The highest BCUT2D eigenvalue weighted by molar-refractivity contribution is 7.07. The molecule has 42 valence electrons. The van der Waals surface area contributed by atoms with Gasteiger partial charge in [-0.1, -0.05) is 0 Å². The van der Waals surface area contributed by atoms with Gasteiger partial charge < -0.3 is 5.73 Å². The van der Waals surface area contributed by atoms with Crippen LogP contribution < -0.4 is 10.4 Å². The highest BCUT2D eigenvalue weighted by atomic mass is 32.1. The summed E-state index contributed by atoms with van der Waals surface area (Å²) in [7, 11) is 0. The number of nitrogens with one attached hydrogen (secondary N) is 1. The lowest BCUT2D eigenvalue weighted by atomic mass is 10.5. The lowest BCUT2D eigenvalue weighted by Crippen LogP contribution is -1.93. The Morgan fingerprint density at radius 1 is 1.62 bits per heavy atom. The van der Waals surface area contributed by atoms with Gasteiger partial charge in [-0.2, -0.15) is 0 Å². The number of hydrogen-bond acceptors (Lipinski definition) is 3. The van der Waals surface area contributed by atoms with Gasteiger partial charge >= 0.3 is 0 Å². The first kappa shape index (κ1) is 5.31. The minimum absolute atomic E-state index is 0.505. The molecule has 0 radical (unpaired) electrons. The molecule has 0 aliphatic heterocycles. The molecule has 0 saturated heterocycles. The van der Waals surface area contributed by atoms with Crippen LogP contribution in [0.2, 0.25) is 0 Å². The molecule has 0 bridgehead atoms. The summed E-state index contributed by atoms with van der Waals surface area (Å²) < 4.78 is 0.505. The number of hydrogen-bond donors (Lipinski definition) is 2. The van der Waals surface area contributed by atoms with E-state index in [-0.39, 0.29) is 0 Å². The molecule has 1 aromatic rings. The molecule has 1 rings (SSSR count). The predicted octanol–water partition coefficient (Wildman–Crippen LogP) is 0.810. The Bertz CT molecular complexity index is 228. The zero-order valence-corrected chi connectivity index (χ0v) is 5.03. The highest BCUT2D eigenvalue weighted by Crippen LogP contribution is 1.95. The Kier molecular flexibility index (Phi) is 1.30. The van der Waals surface area contributed by atoms with E-state index in [4.69, 9.17) is 11.1 Å². The molecule has 0 spiro atoms. The molecule has 0 saturated carbocycles. The minimum Gasteiger partial charge on any atom is -0.399 e. The molecular weight excluding hydrogens is 120 g/mol. The van der Waals surface area contributed by atoms with Crippen molar-refractivity contribution in [2.45, 2.75) is 0 Å². The molecule has 0 aliphatic carbocycles. The summed E-state index contributed by atoms with van der Waals surface area (Å²) in [6.07, 6.45) is 0. The van der Waals surface area contributed by atoms with Crippen molar-refractivity contribution < 1.29 is 0 Å². The van der Waals surface area contributed by atoms with Crippen molar-refractivity contribution in [2.75, 3.05) is 5.73 Å². The monoisotopic (exact) mass is 126 g/mol. The molecule has 1 heterocycles. The first-order valence-electron chi connectivity index (χ1n) is 2.18. The van der Waals surface area contributed by atoms with Crippen molar-refractivity contribution in [3.63, 3.8) is 0 Å². The van der Waals surface area contributed by atoms with Gasteiger partial charge in [-0.15, -0.1) is 11.3 Å². The first-order valence-corrected chi connectivity index (χ1v) is 3.06. The van der Waals surface area contributed by atoms with E-state index in [1.54, 1.807) is 17.5 Å². The molecule has 1 aromatic heterocycles. The molecule has 0 unspecified atom stereocenters.